The largest absolute Gasteiger partial charge is 0.483 e. The first kappa shape index (κ1) is 12.6. The molecular weight excluding hydrogens is 244 g/mol. The molecule has 3 rings (SSSR count). The number of ether oxygens (including phenoxy) is 1. The van der Waals surface area contributed by atoms with Crippen LogP contribution in [0.15, 0.2) is 54.6 Å². The molecule has 0 spiro atoms. The van der Waals surface area contributed by atoms with E-state index in [0.29, 0.717) is 0 Å². The van der Waals surface area contributed by atoms with Crippen LogP contribution in [0.5, 0.6) is 5.75 Å². The van der Waals surface area contributed by atoms with Gasteiger partial charge in [-0.2, -0.15) is 0 Å². The van der Waals surface area contributed by atoms with E-state index in [1.54, 1.807) is 0 Å². The number of fused-ring (bicyclic) bond motifs is 1. The summed E-state index contributed by atoms with van der Waals surface area (Å²) in [6.45, 7) is 4.10. The van der Waals surface area contributed by atoms with Crippen molar-refractivity contribution >= 4 is 6.08 Å². The van der Waals surface area contributed by atoms with Crippen molar-refractivity contribution in [3.05, 3.63) is 71.3 Å². The van der Waals surface area contributed by atoms with Gasteiger partial charge in [0.2, 0.25) is 0 Å². The molecule has 2 aromatic rings. The molecule has 0 bridgehead atoms. The van der Waals surface area contributed by atoms with Crippen molar-refractivity contribution in [2.75, 3.05) is 0 Å². The van der Waals surface area contributed by atoms with E-state index < -0.39 is 0 Å². The Balaban J connectivity index is 1.90. The van der Waals surface area contributed by atoms with E-state index >= 15 is 0 Å². The van der Waals surface area contributed by atoms with Crippen molar-refractivity contribution in [1.29, 1.82) is 0 Å². The number of rotatable bonds is 0. The Morgan fingerprint density at radius 1 is 0.900 bits per heavy atom. The summed E-state index contributed by atoms with van der Waals surface area (Å²) < 4.78 is 5.90. The summed E-state index contributed by atoms with van der Waals surface area (Å²) >= 11 is 0. The minimum Gasteiger partial charge on any atom is -0.483 e. The summed E-state index contributed by atoms with van der Waals surface area (Å²) in [4.78, 5) is 0. The zero-order chi connectivity index (χ0) is 14.0. The van der Waals surface area contributed by atoms with Gasteiger partial charge in [-0.3, -0.25) is 0 Å². The summed E-state index contributed by atoms with van der Waals surface area (Å²) in [6, 6.07) is 16.1. The van der Waals surface area contributed by atoms with Gasteiger partial charge in [-0.25, -0.2) is 0 Å². The molecule has 0 aliphatic carbocycles. The maximum atomic E-state index is 5.90. The summed E-state index contributed by atoms with van der Waals surface area (Å²) in [7, 11) is 0. The Kier molecular flexibility index (Phi) is 3.08. The Morgan fingerprint density at radius 3 is 2.45 bits per heavy atom. The van der Waals surface area contributed by atoms with Gasteiger partial charge in [-0.05, 0) is 50.3 Å². The van der Waals surface area contributed by atoms with Crippen LogP contribution in [0.3, 0.4) is 0 Å². The summed E-state index contributed by atoms with van der Waals surface area (Å²) in [6.07, 6.45) is 4.18. The monoisotopic (exact) mass is 260 g/mol. The first-order valence-electron chi connectivity index (χ1n) is 6.72. The average Bonchev–Trinajstić information content (AvgIpc) is 2.45. The first-order valence-corrected chi connectivity index (χ1v) is 6.72. The van der Waals surface area contributed by atoms with Gasteiger partial charge in [0.1, 0.15) is 11.4 Å². The number of hydrogen-bond acceptors (Lipinski definition) is 1. The van der Waals surface area contributed by atoms with Gasteiger partial charge in [0, 0.05) is 16.7 Å². The van der Waals surface area contributed by atoms with Gasteiger partial charge in [0.25, 0.3) is 0 Å². The molecule has 0 radical (unpaired) electrons. The molecule has 0 unspecified atom stereocenters. The Morgan fingerprint density at radius 2 is 1.65 bits per heavy atom. The van der Waals surface area contributed by atoms with Gasteiger partial charge >= 0.3 is 0 Å². The predicted octanol–water partition coefficient (Wildman–Crippen LogP) is 4.27. The van der Waals surface area contributed by atoms with Crippen LogP contribution in [0.1, 0.15) is 30.5 Å². The fourth-order valence-electron chi connectivity index (χ4n) is 2.12. The highest BCUT2D eigenvalue weighted by molar-refractivity contribution is 5.63. The lowest BCUT2D eigenvalue weighted by Gasteiger charge is -2.27. The number of hydrogen-bond donors (Lipinski definition) is 0. The SMILES string of the molecule is CC1(C)C=Cc2cc(C#Cc3ccccc3)ccc2O1. The highest BCUT2D eigenvalue weighted by Gasteiger charge is 2.21. The molecule has 1 aliphatic rings. The molecule has 1 nitrogen and oxygen atoms in total. The van der Waals surface area contributed by atoms with Crippen LogP contribution in [0.25, 0.3) is 6.08 Å². The van der Waals surface area contributed by atoms with Gasteiger partial charge in [-0.1, -0.05) is 36.1 Å². The second-order valence-electron chi connectivity index (χ2n) is 5.41. The van der Waals surface area contributed by atoms with Crippen LogP contribution in [0.2, 0.25) is 0 Å². The van der Waals surface area contributed by atoms with Crippen molar-refractivity contribution in [3.8, 4) is 17.6 Å². The summed E-state index contributed by atoms with van der Waals surface area (Å²) in [5, 5.41) is 0. The fourth-order valence-corrected chi connectivity index (χ4v) is 2.12. The van der Waals surface area contributed by atoms with Crippen LogP contribution < -0.4 is 4.74 Å². The van der Waals surface area contributed by atoms with E-state index in [0.717, 1.165) is 22.4 Å². The van der Waals surface area contributed by atoms with Crippen LogP contribution >= 0.6 is 0 Å². The molecule has 0 fully saturated rings. The quantitative estimate of drug-likeness (QED) is 0.643. The van der Waals surface area contributed by atoms with Crippen molar-refractivity contribution in [3.63, 3.8) is 0 Å². The average molecular weight is 260 g/mol. The van der Waals surface area contributed by atoms with Crippen LogP contribution in [-0.2, 0) is 0 Å². The lowest BCUT2D eigenvalue weighted by molar-refractivity contribution is 0.159. The lowest BCUT2D eigenvalue weighted by atomic mass is 10.0. The molecule has 0 saturated heterocycles. The molecule has 98 valence electrons. The second kappa shape index (κ2) is 4.90. The minimum absolute atomic E-state index is 0.232. The van der Waals surface area contributed by atoms with Crippen LogP contribution in [0.4, 0.5) is 0 Å². The maximum Gasteiger partial charge on any atom is 0.127 e. The van der Waals surface area contributed by atoms with Crippen LogP contribution in [-0.4, -0.2) is 5.60 Å². The Hall–Kier alpha value is -2.46. The Bertz CT molecular complexity index is 712. The van der Waals surface area contributed by atoms with Crippen molar-refractivity contribution in [2.24, 2.45) is 0 Å². The predicted molar refractivity (Wildman–Crippen MR) is 82.6 cm³/mol. The van der Waals surface area contributed by atoms with Gasteiger partial charge in [0.05, 0.1) is 0 Å². The molecule has 1 aliphatic heterocycles. The minimum atomic E-state index is -0.232. The normalized spacial score (nSPS) is 14.7. The number of benzene rings is 2. The first-order chi connectivity index (χ1) is 9.62. The van der Waals surface area contributed by atoms with Gasteiger partial charge in [0.15, 0.2) is 0 Å². The zero-order valence-corrected chi connectivity index (χ0v) is 11.7. The molecule has 20 heavy (non-hydrogen) atoms. The smallest absolute Gasteiger partial charge is 0.127 e. The topological polar surface area (TPSA) is 9.23 Å². The van der Waals surface area contributed by atoms with Crippen molar-refractivity contribution < 1.29 is 4.74 Å². The second-order valence-corrected chi connectivity index (χ2v) is 5.41. The van der Waals surface area contributed by atoms with Gasteiger partial charge in [-0.15, -0.1) is 0 Å². The maximum absolute atomic E-state index is 5.90. The van der Waals surface area contributed by atoms with E-state index in [9.17, 15) is 0 Å². The van der Waals surface area contributed by atoms with E-state index in [1.807, 2.05) is 42.5 Å². The molecule has 0 saturated carbocycles. The van der Waals surface area contributed by atoms with Crippen molar-refractivity contribution in [1.82, 2.24) is 0 Å². The third-order valence-corrected chi connectivity index (χ3v) is 3.17. The molecule has 1 heteroatoms. The molecule has 0 atom stereocenters. The van der Waals surface area contributed by atoms with Crippen LogP contribution in [0, 0.1) is 11.8 Å². The molecule has 0 aromatic heterocycles. The molecule has 1 heterocycles. The van der Waals surface area contributed by atoms with E-state index in [2.05, 4.69) is 43.9 Å². The fraction of sp³-hybridized carbons (Fsp3) is 0.158. The highest BCUT2D eigenvalue weighted by Crippen LogP contribution is 2.31. The Labute approximate surface area is 119 Å². The zero-order valence-electron chi connectivity index (χ0n) is 11.7. The summed E-state index contributed by atoms with van der Waals surface area (Å²) in [5.74, 6) is 7.28. The third-order valence-electron chi connectivity index (χ3n) is 3.17. The van der Waals surface area contributed by atoms with Crippen molar-refractivity contribution in [2.45, 2.75) is 19.4 Å². The van der Waals surface area contributed by atoms with E-state index in [4.69, 9.17) is 4.74 Å². The molecule has 0 N–H and O–H groups in total. The van der Waals surface area contributed by atoms with Gasteiger partial charge < -0.3 is 4.74 Å². The molecule has 2 aromatic carbocycles. The summed E-state index contributed by atoms with van der Waals surface area (Å²) in [5.41, 5.74) is 2.88. The highest BCUT2D eigenvalue weighted by atomic mass is 16.5. The molecular formula is C19H16O. The van der Waals surface area contributed by atoms with E-state index in [1.165, 1.54) is 0 Å². The third kappa shape index (κ3) is 2.75. The lowest BCUT2D eigenvalue weighted by Crippen LogP contribution is -2.27. The molecule has 0 amide bonds. The standard InChI is InChI=1S/C19H16O/c1-19(2)13-12-17-14-16(10-11-18(17)20-19)9-8-15-6-4-3-5-7-15/h3-7,10-14H,1-2H3. The van der Waals surface area contributed by atoms with E-state index in [-0.39, 0.29) is 5.60 Å².